The van der Waals surface area contributed by atoms with Gasteiger partial charge in [0.25, 0.3) is 0 Å². The topological polar surface area (TPSA) is 38.2 Å². The molecule has 4 nitrogen and oxygen atoms in total. The van der Waals surface area contributed by atoms with E-state index in [9.17, 15) is 0 Å². The average Bonchev–Trinajstić information content (AvgIpc) is 2.38. The van der Waals surface area contributed by atoms with Crippen LogP contribution in [0.1, 0.15) is 40.5 Å². The number of hydrogen-bond acceptors (Lipinski definition) is 4. The van der Waals surface area contributed by atoms with Crippen molar-refractivity contribution in [3.63, 3.8) is 0 Å². The monoisotopic (exact) mass is 329 g/mol. The Labute approximate surface area is 124 Å². The maximum atomic E-state index is 5.62. The quantitative estimate of drug-likeness (QED) is 0.682. The molecule has 0 aromatic carbocycles. The van der Waals surface area contributed by atoms with E-state index in [0.717, 1.165) is 30.5 Å². The number of halogens is 1. The van der Waals surface area contributed by atoms with Crippen LogP contribution in [0.5, 0.6) is 5.88 Å². The van der Waals surface area contributed by atoms with Gasteiger partial charge in [-0.05, 0) is 26.7 Å². The zero-order chi connectivity index (χ0) is 14.3. The van der Waals surface area contributed by atoms with Gasteiger partial charge in [-0.1, -0.05) is 29.8 Å². The highest BCUT2D eigenvalue weighted by Crippen LogP contribution is 2.20. The number of nitrogens with zero attached hydrogens (tertiary/aromatic N) is 3. The Bertz CT molecular complexity index is 369. The lowest BCUT2D eigenvalue weighted by Crippen LogP contribution is -2.36. The van der Waals surface area contributed by atoms with Crippen LogP contribution in [0.4, 0.5) is 5.82 Å². The zero-order valence-electron chi connectivity index (χ0n) is 12.3. The number of rotatable bonds is 8. The molecule has 0 amide bonds. The standard InChI is InChI=1S/C14H24BrN3O/c1-5-12(6-2)18(8-7-15)13-9-16-10-14(17-13)19-11(3)4/h9-12H,5-8H2,1-4H3. The molecule has 0 aliphatic carbocycles. The van der Waals surface area contributed by atoms with E-state index in [1.54, 1.807) is 6.20 Å². The molecule has 19 heavy (non-hydrogen) atoms. The summed E-state index contributed by atoms with van der Waals surface area (Å²) in [6, 6.07) is 0.487. The molecule has 0 fully saturated rings. The van der Waals surface area contributed by atoms with E-state index < -0.39 is 0 Å². The summed E-state index contributed by atoms with van der Waals surface area (Å²) in [5.74, 6) is 1.49. The first-order valence-corrected chi connectivity index (χ1v) is 8.05. The molecule has 0 unspecified atom stereocenters. The highest BCUT2D eigenvalue weighted by Gasteiger charge is 2.17. The van der Waals surface area contributed by atoms with Crippen molar-refractivity contribution < 1.29 is 4.74 Å². The number of hydrogen-bond donors (Lipinski definition) is 0. The van der Waals surface area contributed by atoms with Crippen LogP contribution in [0.15, 0.2) is 12.4 Å². The molecular weight excluding hydrogens is 306 g/mol. The number of aromatic nitrogens is 2. The molecule has 0 saturated heterocycles. The van der Waals surface area contributed by atoms with Gasteiger partial charge in [0.15, 0.2) is 5.82 Å². The van der Waals surface area contributed by atoms with Gasteiger partial charge in [0, 0.05) is 17.9 Å². The molecule has 0 atom stereocenters. The van der Waals surface area contributed by atoms with Gasteiger partial charge >= 0.3 is 0 Å². The Morgan fingerprint density at radius 1 is 1.26 bits per heavy atom. The minimum absolute atomic E-state index is 0.113. The first-order valence-electron chi connectivity index (χ1n) is 6.93. The molecule has 0 aliphatic heterocycles. The van der Waals surface area contributed by atoms with Crippen LogP contribution < -0.4 is 9.64 Å². The van der Waals surface area contributed by atoms with Gasteiger partial charge in [0.1, 0.15) is 0 Å². The maximum absolute atomic E-state index is 5.62. The van der Waals surface area contributed by atoms with Gasteiger partial charge in [0.2, 0.25) is 5.88 Å². The van der Waals surface area contributed by atoms with Gasteiger partial charge in [-0.2, -0.15) is 4.98 Å². The van der Waals surface area contributed by atoms with Crippen LogP contribution in [-0.4, -0.2) is 34.0 Å². The summed E-state index contributed by atoms with van der Waals surface area (Å²) in [6.45, 7) is 9.32. The number of ether oxygens (including phenoxy) is 1. The van der Waals surface area contributed by atoms with Gasteiger partial charge < -0.3 is 9.64 Å². The molecule has 0 bridgehead atoms. The van der Waals surface area contributed by atoms with Crippen LogP contribution >= 0.6 is 15.9 Å². The van der Waals surface area contributed by atoms with Crippen molar-refractivity contribution >= 4 is 21.7 Å². The van der Waals surface area contributed by atoms with Crippen molar-refractivity contribution in [2.24, 2.45) is 0 Å². The summed E-state index contributed by atoms with van der Waals surface area (Å²) < 4.78 is 5.62. The Morgan fingerprint density at radius 3 is 2.47 bits per heavy atom. The third kappa shape index (κ3) is 4.97. The van der Waals surface area contributed by atoms with Crippen LogP contribution in [-0.2, 0) is 0 Å². The normalized spacial score (nSPS) is 11.1. The molecule has 1 heterocycles. The van der Waals surface area contributed by atoms with Crippen molar-refractivity contribution in [2.45, 2.75) is 52.7 Å². The third-order valence-corrected chi connectivity index (χ3v) is 3.31. The predicted molar refractivity (Wildman–Crippen MR) is 83.3 cm³/mol. The lowest BCUT2D eigenvalue weighted by atomic mass is 10.1. The predicted octanol–water partition coefficient (Wildman–Crippen LogP) is 3.65. The van der Waals surface area contributed by atoms with Gasteiger partial charge in [-0.25, -0.2) is 0 Å². The summed E-state index contributed by atoms with van der Waals surface area (Å²) >= 11 is 3.51. The first-order chi connectivity index (χ1) is 9.12. The zero-order valence-corrected chi connectivity index (χ0v) is 13.9. The molecule has 5 heteroatoms. The SMILES string of the molecule is CCC(CC)N(CCBr)c1cncc(OC(C)C)n1. The fourth-order valence-corrected chi connectivity index (χ4v) is 2.46. The summed E-state index contributed by atoms with van der Waals surface area (Å²) in [6.07, 6.45) is 5.79. The lowest BCUT2D eigenvalue weighted by molar-refractivity contribution is 0.231. The van der Waals surface area contributed by atoms with Gasteiger partial charge in [-0.3, -0.25) is 4.98 Å². The molecular formula is C14H24BrN3O. The van der Waals surface area contributed by atoms with Crippen LogP contribution in [0.25, 0.3) is 0 Å². The molecule has 1 aromatic rings. The third-order valence-electron chi connectivity index (χ3n) is 2.96. The van der Waals surface area contributed by atoms with Crippen molar-refractivity contribution in [3.05, 3.63) is 12.4 Å². The van der Waals surface area contributed by atoms with E-state index in [1.165, 1.54) is 0 Å². The molecule has 0 radical (unpaired) electrons. The number of anilines is 1. The average molecular weight is 330 g/mol. The van der Waals surface area contributed by atoms with Crippen molar-refractivity contribution in [1.29, 1.82) is 0 Å². The first kappa shape index (κ1) is 16.2. The molecule has 1 aromatic heterocycles. The Morgan fingerprint density at radius 2 is 1.95 bits per heavy atom. The second-order valence-electron chi connectivity index (χ2n) is 4.73. The lowest BCUT2D eigenvalue weighted by Gasteiger charge is -2.31. The highest BCUT2D eigenvalue weighted by atomic mass is 79.9. The fourth-order valence-electron chi connectivity index (χ4n) is 2.08. The maximum Gasteiger partial charge on any atom is 0.234 e. The minimum Gasteiger partial charge on any atom is -0.474 e. The van der Waals surface area contributed by atoms with E-state index in [0.29, 0.717) is 11.9 Å². The van der Waals surface area contributed by atoms with Crippen molar-refractivity contribution in [3.8, 4) is 5.88 Å². The Kier molecular flexibility index (Phi) is 7.13. The highest BCUT2D eigenvalue weighted by molar-refractivity contribution is 9.09. The largest absolute Gasteiger partial charge is 0.474 e. The van der Waals surface area contributed by atoms with E-state index in [4.69, 9.17) is 4.74 Å². The van der Waals surface area contributed by atoms with Crippen LogP contribution in [0.3, 0.4) is 0 Å². The molecule has 0 spiro atoms. The van der Waals surface area contributed by atoms with E-state index in [2.05, 4.69) is 44.6 Å². The van der Waals surface area contributed by atoms with Crippen molar-refractivity contribution in [1.82, 2.24) is 9.97 Å². The second-order valence-corrected chi connectivity index (χ2v) is 5.53. The Hall–Kier alpha value is -0.840. The fraction of sp³-hybridized carbons (Fsp3) is 0.714. The number of alkyl halides is 1. The smallest absolute Gasteiger partial charge is 0.234 e. The second kappa shape index (κ2) is 8.35. The summed E-state index contributed by atoms with van der Waals surface area (Å²) in [4.78, 5) is 11.1. The van der Waals surface area contributed by atoms with E-state index >= 15 is 0 Å². The molecule has 1 rings (SSSR count). The van der Waals surface area contributed by atoms with E-state index in [-0.39, 0.29) is 6.10 Å². The van der Waals surface area contributed by atoms with Gasteiger partial charge in [-0.15, -0.1) is 0 Å². The van der Waals surface area contributed by atoms with Crippen molar-refractivity contribution in [2.75, 3.05) is 16.8 Å². The molecule has 0 saturated carbocycles. The Balaban J connectivity index is 2.94. The van der Waals surface area contributed by atoms with Crippen LogP contribution in [0.2, 0.25) is 0 Å². The summed E-state index contributed by atoms with van der Waals surface area (Å²) in [5.41, 5.74) is 0. The summed E-state index contributed by atoms with van der Waals surface area (Å²) in [7, 11) is 0. The summed E-state index contributed by atoms with van der Waals surface area (Å²) in [5, 5.41) is 0.917. The minimum atomic E-state index is 0.113. The molecule has 108 valence electrons. The molecule has 0 N–H and O–H groups in total. The molecule has 0 aliphatic rings. The van der Waals surface area contributed by atoms with Crippen LogP contribution in [0, 0.1) is 0 Å². The van der Waals surface area contributed by atoms with Gasteiger partial charge in [0.05, 0.1) is 18.5 Å². The van der Waals surface area contributed by atoms with E-state index in [1.807, 2.05) is 20.0 Å².